The number of pyridine rings is 1. The van der Waals surface area contributed by atoms with Gasteiger partial charge in [0, 0.05) is 0 Å². The fourth-order valence-corrected chi connectivity index (χ4v) is 22.3. The molecule has 0 aliphatic heterocycles. The Labute approximate surface area is 185 Å². The molecule has 0 fully saturated rings. The Morgan fingerprint density at radius 2 is 1.48 bits per heavy atom. The number of para-hydroxylation sites is 1. The van der Waals surface area contributed by atoms with E-state index >= 15 is 0 Å². The van der Waals surface area contributed by atoms with Gasteiger partial charge in [-0.1, -0.05) is 0 Å². The summed E-state index contributed by atoms with van der Waals surface area (Å²) < 4.78 is 4.92. The van der Waals surface area contributed by atoms with Gasteiger partial charge in [0.05, 0.1) is 0 Å². The Balaban J connectivity index is 2.51. The Hall–Kier alpha value is -1.07. The maximum absolute atomic E-state index is 13.3. The van der Waals surface area contributed by atoms with E-state index in [0.29, 0.717) is 5.69 Å². The molecule has 2 aromatic rings. The number of anilines is 1. The first-order valence-corrected chi connectivity index (χ1v) is 18.9. The standard InChI is InChI=1S/C12H8ClN2O.3C4H9.Sn/c13-9-6-7-14-11(8-9)12(16)15-10-4-2-1-3-5-10;3*1-3-4-2;/h1-7H,(H,15,16);3*1,3-4H2,2H3;. The minimum absolute atomic E-state index is 0.126. The minimum atomic E-state index is -2.91. The third-order valence-corrected chi connectivity index (χ3v) is 22.2. The molecule has 0 aliphatic rings. The molecule has 5 heteroatoms. The molecular formula is C24H35ClN2OSn. The van der Waals surface area contributed by atoms with Crippen molar-refractivity contribution in [2.75, 3.05) is 5.32 Å². The molecule has 2 rings (SSSR count). The van der Waals surface area contributed by atoms with Crippen LogP contribution in [-0.4, -0.2) is 29.3 Å². The first-order valence-electron chi connectivity index (χ1n) is 11.1. The van der Waals surface area contributed by atoms with Crippen molar-refractivity contribution < 1.29 is 4.79 Å². The Bertz CT molecular complexity index is 745. The Morgan fingerprint density at radius 3 is 2.00 bits per heavy atom. The number of nitrogens with one attached hydrogen (secondary N) is 1. The van der Waals surface area contributed by atoms with Crippen molar-refractivity contribution in [3.63, 3.8) is 0 Å². The van der Waals surface area contributed by atoms with Gasteiger partial charge in [0.2, 0.25) is 0 Å². The fraction of sp³-hybridized carbons (Fsp3) is 0.500. The summed E-state index contributed by atoms with van der Waals surface area (Å²) in [5.74, 6) is -0.126. The molecule has 158 valence electrons. The molecule has 0 bridgehead atoms. The summed E-state index contributed by atoms with van der Waals surface area (Å²) in [4.78, 5) is 17.8. The molecular weight excluding hydrogens is 486 g/mol. The first-order chi connectivity index (χ1) is 14.1. The summed E-state index contributed by atoms with van der Waals surface area (Å²) >= 11 is 3.92. The van der Waals surface area contributed by atoms with Gasteiger partial charge in [-0.2, -0.15) is 0 Å². The number of halogens is 1. The predicted molar refractivity (Wildman–Crippen MR) is 128 cm³/mol. The van der Waals surface area contributed by atoms with Crippen molar-refractivity contribution in [3.8, 4) is 0 Å². The zero-order valence-corrected chi connectivity index (χ0v) is 21.7. The molecule has 0 unspecified atom stereocenters. The first kappa shape index (κ1) is 24.2. The summed E-state index contributed by atoms with van der Waals surface area (Å²) in [7, 11) is 0. The normalized spacial score (nSPS) is 11.4. The average molecular weight is 522 g/mol. The van der Waals surface area contributed by atoms with Gasteiger partial charge in [-0.15, -0.1) is 0 Å². The van der Waals surface area contributed by atoms with Crippen LogP contribution < -0.4 is 8.90 Å². The maximum atomic E-state index is 13.3. The zero-order valence-electron chi connectivity index (χ0n) is 18.1. The molecule has 0 aliphatic carbocycles. The number of carbonyl (C=O) groups excluding carboxylic acids is 1. The quantitative estimate of drug-likeness (QED) is 0.304. The van der Waals surface area contributed by atoms with Crippen molar-refractivity contribution in [3.05, 3.63) is 53.3 Å². The number of aromatic nitrogens is 1. The third kappa shape index (κ3) is 6.71. The second kappa shape index (κ2) is 12.6. The van der Waals surface area contributed by atoms with E-state index in [1.165, 1.54) is 51.8 Å². The van der Waals surface area contributed by atoms with Crippen molar-refractivity contribution in [2.24, 2.45) is 0 Å². The summed E-state index contributed by atoms with van der Waals surface area (Å²) in [6, 6.07) is 11.5. The van der Waals surface area contributed by atoms with Crippen LogP contribution in [0.2, 0.25) is 18.3 Å². The van der Waals surface area contributed by atoms with E-state index < -0.39 is 18.4 Å². The molecule has 0 atom stereocenters. The van der Waals surface area contributed by atoms with E-state index in [2.05, 4.69) is 31.1 Å². The predicted octanol–water partition coefficient (Wildman–Crippen LogP) is 7.04. The third-order valence-electron chi connectivity index (χ3n) is 5.70. The van der Waals surface area contributed by atoms with E-state index in [0.717, 1.165) is 14.3 Å². The summed E-state index contributed by atoms with van der Waals surface area (Å²) in [6.07, 6.45) is 8.88. The van der Waals surface area contributed by atoms with Crippen molar-refractivity contribution in [2.45, 2.75) is 72.6 Å². The zero-order chi connectivity index (χ0) is 21.1. The molecule has 29 heavy (non-hydrogen) atoms. The van der Waals surface area contributed by atoms with Crippen LogP contribution in [-0.2, 0) is 0 Å². The van der Waals surface area contributed by atoms with E-state index in [-0.39, 0.29) is 5.91 Å². The van der Waals surface area contributed by atoms with Crippen LogP contribution in [0.15, 0.2) is 42.6 Å². The van der Waals surface area contributed by atoms with Crippen LogP contribution in [0.4, 0.5) is 5.69 Å². The molecule has 1 amide bonds. The average Bonchev–Trinajstić information content (AvgIpc) is 2.74. The topological polar surface area (TPSA) is 42.0 Å². The summed E-state index contributed by atoms with van der Waals surface area (Å²) in [5.41, 5.74) is 1.36. The number of amides is 1. The second-order valence-electron chi connectivity index (χ2n) is 7.93. The van der Waals surface area contributed by atoms with Gasteiger partial charge in [-0.3, -0.25) is 0 Å². The SMILES string of the molecule is CCC[CH2][Sn]([CH2]CCC)([CH2]CCC)[c]1c(Cl)ccnc1C(=O)Nc1ccccc1. The molecule has 1 aromatic heterocycles. The number of nitrogens with zero attached hydrogens (tertiary/aromatic N) is 1. The number of benzene rings is 1. The van der Waals surface area contributed by atoms with Gasteiger partial charge in [0.25, 0.3) is 0 Å². The van der Waals surface area contributed by atoms with Crippen LogP contribution in [0, 0.1) is 0 Å². The van der Waals surface area contributed by atoms with Crippen molar-refractivity contribution in [1.29, 1.82) is 0 Å². The van der Waals surface area contributed by atoms with E-state index in [1.807, 2.05) is 36.4 Å². The van der Waals surface area contributed by atoms with Gasteiger partial charge in [-0.05, 0) is 0 Å². The van der Waals surface area contributed by atoms with Gasteiger partial charge in [-0.25, -0.2) is 0 Å². The number of unbranched alkanes of at least 4 members (excludes halogenated alkanes) is 3. The molecule has 1 heterocycles. The molecule has 0 radical (unpaired) electrons. The summed E-state index contributed by atoms with van der Waals surface area (Å²) in [6.45, 7) is 6.76. The molecule has 3 nitrogen and oxygen atoms in total. The Morgan fingerprint density at radius 1 is 0.931 bits per heavy atom. The van der Waals surface area contributed by atoms with Crippen LogP contribution >= 0.6 is 11.6 Å². The van der Waals surface area contributed by atoms with Gasteiger partial charge >= 0.3 is 186 Å². The van der Waals surface area contributed by atoms with Crippen LogP contribution in [0.5, 0.6) is 0 Å². The van der Waals surface area contributed by atoms with Crippen LogP contribution in [0.1, 0.15) is 69.8 Å². The fourth-order valence-electron chi connectivity index (χ4n) is 4.12. The molecule has 0 spiro atoms. The van der Waals surface area contributed by atoms with E-state index in [1.54, 1.807) is 6.20 Å². The molecule has 0 saturated heterocycles. The number of rotatable bonds is 12. The van der Waals surface area contributed by atoms with Crippen LogP contribution in [0.25, 0.3) is 0 Å². The molecule has 1 N–H and O–H groups in total. The monoisotopic (exact) mass is 522 g/mol. The van der Waals surface area contributed by atoms with Crippen LogP contribution in [0.3, 0.4) is 0 Å². The van der Waals surface area contributed by atoms with E-state index in [4.69, 9.17) is 11.6 Å². The van der Waals surface area contributed by atoms with Crippen molar-refractivity contribution >= 4 is 45.2 Å². The Kier molecular flexibility index (Phi) is 10.5. The second-order valence-corrected chi connectivity index (χ2v) is 21.4. The van der Waals surface area contributed by atoms with Gasteiger partial charge in [0.1, 0.15) is 0 Å². The molecule has 1 aromatic carbocycles. The van der Waals surface area contributed by atoms with Gasteiger partial charge < -0.3 is 0 Å². The number of carbonyl (C=O) groups is 1. The summed E-state index contributed by atoms with van der Waals surface area (Å²) in [5, 5.41) is 3.80. The van der Waals surface area contributed by atoms with E-state index in [9.17, 15) is 4.79 Å². The van der Waals surface area contributed by atoms with Crippen molar-refractivity contribution in [1.82, 2.24) is 4.98 Å². The molecule has 0 saturated carbocycles. The van der Waals surface area contributed by atoms with Gasteiger partial charge in [0.15, 0.2) is 0 Å². The number of hydrogen-bond acceptors (Lipinski definition) is 2. The number of hydrogen-bond donors (Lipinski definition) is 1.